The highest BCUT2D eigenvalue weighted by atomic mass is 32.2. The normalized spacial score (nSPS) is 10.7. The first-order chi connectivity index (χ1) is 14.7. The van der Waals surface area contributed by atoms with Gasteiger partial charge in [0.2, 0.25) is 5.91 Å². The van der Waals surface area contributed by atoms with Crippen LogP contribution in [-0.4, -0.2) is 39.5 Å². The molecular weight excluding hydrogens is 398 g/mol. The van der Waals surface area contributed by atoms with Crippen molar-refractivity contribution in [2.75, 3.05) is 23.7 Å². The average Bonchev–Trinajstić information content (AvgIpc) is 3.43. The van der Waals surface area contributed by atoms with Gasteiger partial charge in [-0.05, 0) is 50.2 Å². The summed E-state index contributed by atoms with van der Waals surface area (Å²) in [5.41, 5.74) is 2.16. The molecule has 0 aliphatic rings. The van der Waals surface area contributed by atoms with Gasteiger partial charge in [0.05, 0.1) is 18.6 Å². The fourth-order valence-corrected chi connectivity index (χ4v) is 3.87. The van der Waals surface area contributed by atoms with Gasteiger partial charge in [-0.3, -0.25) is 9.36 Å². The molecule has 0 radical (unpaired) electrons. The number of aromatic nitrogens is 3. The lowest BCUT2D eigenvalue weighted by atomic mass is 10.2. The number of anilines is 1. The zero-order chi connectivity index (χ0) is 21.3. The van der Waals surface area contributed by atoms with Crippen molar-refractivity contribution in [2.45, 2.75) is 32.1 Å². The fraction of sp³-hybridized carbons (Fsp3) is 0.318. The van der Waals surface area contributed by atoms with E-state index >= 15 is 0 Å². The van der Waals surface area contributed by atoms with Crippen molar-refractivity contribution < 1.29 is 9.21 Å². The molecule has 8 heteroatoms. The third-order valence-electron chi connectivity index (χ3n) is 4.65. The monoisotopic (exact) mass is 425 g/mol. The molecule has 30 heavy (non-hydrogen) atoms. The van der Waals surface area contributed by atoms with E-state index in [4.69, 9.17) is 4.42 Å². The van der Waals surface area contributed by atoms with Crippen molar-refractivity contribution >= 4 is 23.4 Å². The molecule has 3 rings (SSSR count). The Morgan fingerprint density at radius 2 is 2.00 bits per heavy atom. The molecule has 0 aliphatic heterocycles. The lowest BCUT2D eigenvalue weighted by Crippen LogP contribution is -2.24. The van der Waals surface area contributed by atoms with Gasteiger partial charge < -0.3 is 14.6 Å². The number of nitrogens with zero attached hydrogens (tertiary/aromatic N) is 4. The molecule has 2 aromatic heterocycles. The Morgan fingerprint density at radius 3 is 2.63 bits per heavy atom. The molecule has 0 aliphatic carbocycles. The second-order valence-corrected chi connectivity index (χ2v) is 7.51. The van der Waals surface area contributed by atoms with E-state index in [0.29, 0.717) is 18.2 Å². The molecule has 1 N–H and O–H groups in total. The van der Waals surface area contributed by atoms with Crippen LogP contribution in [0.2, 0.25) is 0 Å². The molecule has 0 saturated carbocycles. The van der Waals surface area contributed by atoms with Gasteiger partial charge in [-0.2, -0.15) is 0 Å². The van der Waals surface area contributed by atoms with E-state index in [1.54, 1.807) is 18.4 Å². The number of hydrogen-bond donors (Lipinski definition) is 1. The predicted octanol–water partition coefficient (Wildman–Crippen LogP) is 3.98. The molecule has 0 atom stereocenters. The van der Waals surface area contributed by atoms with E-state index in [0.717, 1.165) is 30.2 Å². The minimum absolute atomic E-state index is 0.0883. The third-order valence-corrected chi connectivity index (χ3v) is 5.62. The summed E-state index contributed by atoms with van der Waals surface area (Å²) in [7, 11) is 0. The van der Waals surface area contributed by atoms with Gasteiger partial charge in [0, 0.05) is 30.9 Å². The van der Waals surface area contributed by atoms with Crippen LogP contribution < -0.4 is 10.2 Å². The molecule has 0 spiro atoms. The van der Waals surface area contributed by atoms with Crippen LogP contribution in [0.15, 0.2) is 64.9 Å². The largest absolute Gasteiger partial charge is 0.467 e. The Morgan fingerprint density at radius 1 is 1.23 bits per heavy atom. The Bertz CT molecular complexity index is 947. The molecule has 2 heterocycles. The zero-order valence-electron chi connectivity index (χ0n) is 17.4. The number of amides is 1. The Balaban J connectivity index is 1.68. The van der Waals surface area contributed by atoms with Crippen molar-refractivity contribution in [1.82, 2.24) is 20.1 Å². The maximum absolute atomic E-state index is 12.2. The number of allylic oxidation sites excluding steroid dienone is 1. The van der Waals surface area contributed by atoms with E-state index in [-0.39, 0.29) is 11.7 Å². The molecule has 0 fully saturated rings. The predicted molar refractivity (Wildman–Crippen MR) is 120 cm³/mol. The maximum Gasteiger partial charge on any atom is 0.230 e. The van der Waals surface area contributed by atoms with Gasteiger partial charge in [0.15, 0.2) is 11.0 Å². The minimum atomic E-state index is -0.0883. The number of rotatable bonds is 11. The smallest absolute Gasteiger partial charge is 0.230 e. The summed E-state index contributed by atoms with van der Waals surface area (Å²) in [5.74, 6) is 1.64. The Hall–Kier alpha value is -3.00. The summed E-state index contributed by atoms with van der Waals surface area (Å²) >= 11 is 1.35. The number of carbonyl (C=O) groups excluding carboxylic acids is 1. The van der Waals surface area contributed by atoms with Crippen LogP contribution in [0.4, 0.5) is 5.69 Å². The molecule has 0 saturated heterocycles. The SMILES string of the molecule is C=CCn1c(SCC(=O)NCc2ccco2)nnc1-c1ccc(N(CC)CC)cc1. The fourth-order valence-electron chi connectivity index (χ4n) is 3.09. The van der Waals surface area contributed by atoms with Crippen LogP contribution in [-0.2, 0) is 17.9 Å². The third kappa shape index (κ3) is 5.33. The second kappa shape index (κ2) is 10.7. The van der Waals surface area contributed by atoms with E-state index in [1.165, 1.54) is 17.4 Å². The summed E-state index contributed by atoms with van der Waals surface area (Å²) in [5, 5.41) is 12.2. The average molecular weight is 426 g/mol. The van der Waals surface area contributed by atoms with Gasteiger partial charge in [0.25, 0.3) is 0 Å². The van der Waals surface area contributed by atoms with Gasteiger partial charge >= 0.3 is 0 Å². The highest BCUT2D eigenvalue weighted by molar-refractivity contribution is 7.99. The quantitative estimate of drug-likeness (QED) is 0.370. The number of benzene rings is 1. The number of hydrogen-bond acceptors (Lipinski definition) is 6. The van der Waals surface area contributed by atoms with Crippen molar-refractivity contribution in [3.05, 3.63) is 61.1 Å². The maximum atomic E-state index is 12.2. The van der Waals surface area contributed by atoms with Crippen molar-refractivity contribution in [1.29, 1.82) is 0 Å². The highest BCUT2D eigenvalue weighted by Crippen LogP contribution is 2.26. The van der Waals surface area contributed by atoms with Crippen LogP contribution in [0.3, 0.4) is 0 Å². The van der Waals surface area contributed by atoms with Crippen LogP contribution in [0, 0.1) is 0 Å². The van der Waals surface area contributed by atoms with E-state index < -0.39 is 0 Å². The summed E-state index contributed by atoms with van der Waals surface area (Å²) in [6.45, 7) is 11.0. The summed E-state index contributed by atoms with van der Waals surface area (Å²) in [4.78, 5) is 14.5. The number of nitrogens with one attached hydrogen (secondary N) is 1. The highest BCUT2D eigenvalue weighted by Gasteiger charge is 2.15. The molecule has 0 bridgehead atoms. The lowest BCUT2D eigenvalue weighted by molar-refractivity contribution is -0.118. The van der Waals surface area contributed by atoms with Crippen molar-refractivity contribution in [3.63, 3.8) is 0 Å². The summed E-state index contributed by atoms with van der Waals surface area (Å²) in [6.07, 6.45) is 3.39. The van der Waals surface area contributed by atoms with Crippen LogP contribution in [0.5, 0.6) is 0 Å². The summed E-state index contributed by atoms with van der Waals surface area (Å²) in [6, 6.07) is 11.9. The second-order valence-electron chi connectivity index (χ2n) is 6.57. The van der Waals surface area contributed by atoms with Crippen LogP contribution in [0.1, 0.15) is 19.6 Å². The van der Waals surface area contributed by atoms with Gasteiger partial charge in [-0.15, -0.1) is 16.8 Å². The van der Waals surface area contributed by atoms with Crippen LogP contribution in [0.25, 0.3) is 11.4 Å². The first-order valence-electron chi connectivity index (χ1n) is 9.97. The van der Waals surface area contributed by atoms with Gasteiger partial charge in [0.1, 0.15) is 5.76 Å². The molecule has 1 aromatic carbocycles. The zero-order valence-corrected chi connectivity index (χ0v) is 18.2. The first-order valence-corrected chi connectivity index (χ1v) is 11.0. The summed E-state index contributed by atoms with van der Waals surface area (Å²) < 4.78 is 7.20. The number of thioether (sulfide) groups is 1. The lowest BCUT2D eigenvalue weighted by Gasteiger charge is -2.21. The van der Waals surface area contributed by atoms with Crippen molar-refractivity contribution in [2.24, 2.45) is 0 Å². The Labute approximate surface area is 181 Å². The molecule has 1 amide bonds. The van der Waals surface area contributed by atoms with Gasteiger partial charge in [-0.25, -0.2) is 0 Å². The van der Waals surface area contributed by atoms with E-state index in [9.17, 15) is 4.79 Å². The first kappa shape index (κ1) is 21.7. The van der Waals surface area contributed by atoms with E-state index in [2.05, 4.69) is 65.1 Å². The number of furan rings is 1. The molecule has 3 aromatic rings. The van der Waals surface area contributed by atoms with Crippen LogP contribution >= 0.6 is 11.8 Å². The minimum Gasteiger partial charge on any atom is -0.467 e. The van der Waals surface area contributed by atoms with Crippen molar-refractivity contribution in [3.8, 4) is 11.4 Å². The Kier molecular flexibility index (Phi) is 7.73. The molecule has 7 nitrogen and oxygen atoms in total. The van der Waals surface area contributed by atoms with E-state index in [1.807, 2.05) is 10.6 Å². The standard InChI is InChI=1S/C22H27N5O2S/c1-4-13-27-21(17-9-11-18(12-10-17)26(5-2)6-3)24-25-22(27)30-16-20(28)23-15-19-8-7-14-29-19/h4,7-12,14H,1,5-6,13,15-16H2,2-3H3,(H,23,28). The molecule has 158 valence electrons. The number of carbonyl (C=O) groups is 1. The molecule has 0 unspecified atom stereocenters. The molecular formula is C22H27N5O2S. The van der Waals surface area contributed by atoms with Gasteiger partial charge in [-0.1, -0.05) is 17.8 Å². The topological polar surface area (TPSA) is 76.2 Å².